The number of carbonyl (C=O) groups excluding carboxylic acids is 1. The summed E-state index contributed by atoms with van der Waals surface area (Å²) < 4.78 is 5.40. The Hall–Kier alpha value is -0.580. The molecule has 0 fully saturated rings. The third-order valence-corrected chi connectivity index (χ3v) is 1.74. The van der Waals surface area contributed by atoms with E-state index in [4.69, 9.17) is 0 Å². The molecule has 0 aliphatic carbocycles. The lowest BCUT2D eigenvalue weighted by molar-refractivity contribution is -0.137. The third-order valence-electron chi connectivity index (χ3n) is 1.02. The van der Waals surface area contributed by atoms with E-state index in [9.17, 15) is 4.79 Å². The first-order chi connectivity index (χ1) is 5.66. The number of esters is 1. The molecule has 0 amide bonds. The number of rotatable bonds is 0. The van der Waals surface area contributed by atoms with Crippen LogP contribution >= 0.6 is 22.6 Å². The molecule has 0 atom stereocenters. The highest BCUT2D eigenvalue weighted by molar-refractivity contribution is 14.1. The smallest absolute Gasteiger partial charge is 0.302 e. The quantitative estimate of drug-likeness (QED) is 0.538. The van der Waals surface area contributed by atoms with Gasteiger partial charge in [0, 0.05) is 10.5 Å². The summed E-state index contributed by atoms with van der Waals surface area (Å²) in [6.45, 7) is 1.36. The van der Waals surface area contributed by atoms with Crippen molar-refractivity contribution in [1.29, 1.82) is 0 Å². The van der Waals surface area contributed by atoms with Crippen molar-refractivity contribution in [2.75, 3.05) is 7.11 Å². The van der Waals surface area contributed by atoms with Gasteiger partial charge in [-0.2, -0.15) is 0 Å². The Bertz CT molecular complexity index is 221. The highest BCUT2D eigenvalue weighted by Gasteiger charge is 1.75. The lowest BCUT2D eigenvalue weighted by Gasteiger charge is -1.80. The standard InChI is InChI=1S/C6H5I.C3H6O2/c7-6-4-2-1-3-5-6;1-3(4)5-2/h1-5H;1-2H3. The highest BCUT2D eigenvalue weighted by atomic mass is 127. The topological polar surface area (TPSA) is 26.3 Å². The lowest BCUT2D eigenvalue weighted by Crippen LogP contribution is -1.88. The van der Waals surface area contributed by atoms with Gasteiger partial charge in [-0.15, -0.1) is 0 Å². The summed E-state index contributed by atoms with van der Waals surface area (Å²) in [4.78, 5) is 9.59. The third kappa shape index (κ3) is 7.53. The fourth-order valence-corrected chi connectivity index (χ4v) is 0.830. The van der Waals surface area contributed by atoms with Gasteiger partial charge >= 0.3 is 5.97 Å². The average Bonchev–Trinajstić information content (AvgIpc) is 2.07. The molecule has 0 heterocycles. The van der Waals surface area contributed by atoms with Crippen LogP contribution in [0.15, 0.2) is 30.3 Å². The summed E-state index contributed by atoms with van der Waals surface area (Å²) in [7, 11) is 1.35. The van der Waals surface area contributed by atoms with Crippen LogP contribution in [0, 0.1) is 3.57 Å². The fourth-order valence-electron chi connectivity index (χ4n) is 0.415. The average molecular weight is 278 g/mol. The molecule has 0 aliphatic rings. The molecule has 0 aromatic heterocycles. The molecule has 12 heavy (non-hydrogen) atoms. The lowest BCUT2D eigenvalue weighted by atomic mass is 10.4. The van der Waals surface area contributed by atoms with Crippen LogP contribution in [0.1, 0.15) is 6.92 Å². The first-order valence-electron chi connectivity index (χ1n) is 3.42. The normalized spacial score (nSPS) is 7.92. The van der Waals surface area contributed by atoms with Crippen LogP contribution < -0.4 is 0 Å². The Balaban J connectivity index is 0.000000217. The van der Waals surface area contributed by atoms with Gasteiger partial charge in [0.1, 0.15) is 0 Å². The van der Waals surface area contributed by atoms with Crippen LogP contribution in [-0.4, -0.2) is 13.1 Å². The van der Waals surface area contributed by atoms with Gasteiger partial charge in [-0.05, 0) is 34.7 Å². The first-order valence-corrected chi connectivity index (χ1v) is 4.49. The van der Waals surface area contributed by atoms with E-state index in [-0.39, 0.29) is 5.97 Å². The highest BCUT2D eigenvalue weighted by Crippen LogP contribution is 1.99. The maximum absolute atomic E-state index is 9.59. The molecule has 0 unspecified atom stereocenters. The molecule has 1 aromatic rings. The Morgan fingerprint density at radius 2 is 1.75 bits per heavy atom. The molecule has 0 saturated carbocycles. The van der Waals surface area contributed by atoms with Gasteiger partial charge in [-0.25, -0.2) is 0 Å². The summed E-state index contributed by atoms with van der Waals surface area (Å²) in [5, 5.41) is 0. The first kappa shape index (κ1) is 11.4. The molecule has 0 bridgehead atoms. The number of halogens is 1. The van der Waals surface area contributed by atoms with Crippen LogP contribution in [0.2, 0.25) is 0 Å². The van der Waals surface area contributed by atoms with Crippen LogP contribution in [0.4, 0.5) is 0 Å². The molecule has 2 nitrogen and oxygen atoms in total. The van der Waals surface area contributed by atoms with E-state index in [0.717, 1.165) is 0 Å². The van der Waals surface area contributed by atoms with E-state index < -0.39 is 0 Å². The monoisotopic (exact) mass is 278 g/mol. The molecule has 0 radical (unpaired) electrons. The van der Waals surface area contributed by atoms with Gasteiger partial charge in [-0.3, -0.25) is 4.79 Å². The van der Waals surface area contributed by atoms with Crippen LogP contribution in [0.25, 0.3) is 0 Å². The number of hydrogen-bond donors (Lipinski definition) is 0. The van der Waals surface area contributed by atoms with Crippen molar-refractivity contribution in [3.05, 3.63) is 33.9 Å². The van der Waals surface area contributed by atoms with Crippen molar-refractivity contribution in [1.82, 2.24) is 0 Å². The zero-order valence-electron chi connectivity index (χ0n) is 7.08. The molecule has 0 N–H and O–H groups in total. The Morgan fingerprint density at radius 1 is 1.33 bits per heavy atom. The number of hydrogen-bond acceptors (Lipinski definition) is 2. The summed E-state index contributed by atoms with van der Waals surface area (Å²) in [5.74, 6) is -0.245. The van der Waals surface area contributed by atoms with Gasteiger partial charge in [0.15, 0.2) is 0 Å². The van der Waals surface area contributed by atoms with E-state index in [1.54, 1.807) is 0 Å². The van der Waals surface area contributed by atoms with Crippen LogP contribution in [-0.2, 0) is 9.53 Å². The molecule has 0 saturated heterocycles. The second-order valence-corrected chi connectivity index (χ2v) is 3.24. The second kappa shape index (κ2) is 7.09. The van der Waals surface area contributed by atoms with Crippen LogP contribution in [0.5, 0.6) is 0 Å². The minimum Gasteiger partial charge on any atom is -0.469 e. The van der Waals surface area contributed by atoms with Crippen molar-refractivity contribution < 1.29 is 9.53 Å². The summed E-state index contributed by atoms with van der Waals surface area (Å²) in [5.41, 5.74) is 0. The van der Waals surface area contributed by atoms with Crippen LogP contribution in [0.3, 0.4) is 0 Å². The number of benzene rings is 1. The van der Waals surface area contributed by atoms with Gasteiger partial charge in [0.2, 0.25) is 0 Å². The molecule has 0 spiro atoms. The predicted molar refractivity (Wildman–Crippen MR) is 56.8 cm³/mol. The zero-order chi connectivity index (χ0) is 9.40. The Kier molecular flexibility index (Phi) is 6.75. The van der Waals surface area contributed by atoms with Gasteiger partial charge in [-0.1, -0.05) is 18.2 Å². The van der Waals surface area contributed by atoms with E-state index in [1.165, 1.54) is 17.6 Å². The summed E-state index contributed by atoms with van der Waals surface area (Å²) in [6.07, 6.45) is 0. The largest absolute Gasteiger partial charge is 0.469 e. The molecule has 0 aliphatic heterocycles. The van der Waals surface area contributed by atoms with Crippen molar-refractivity contribution in [3.8, 4) is 0 Å². The van der Waals surface area contributed by atoms with Gasteiger partial charge < -0.3 is 4.74 Å². The predicted octanol–water partition coefficient (Wildman–Crippen LogP) is 2.47. The SMILES string of the molecule is COC(C)=O.Ic1ccccc1. The maximum Gasteiger partial charge on any atom is 0.302 e. The second-order valence-electron chi connectivity index (χ2n) is 1.99. The molecular formula is C9H11IO2. The number of methoxy groups -OCH3 is 1. The van der Waals surface area contributed by atoms with E-state index in [0.29, 0.717) is 0 Å². The molecule has 1 aromatic carbocycles. The summed E-state index contributed by atoms with van der Waals surface area (Å²) in [6, 6.07) is 10.2. The van der Waals surface area contributed by atoms with Crippen molar-refractivity contribution in [2.45, 2.75) is 6.92 Å². The number of ether oxygens (including phenoxy) is 1. The molecule has 66 valence electrons. The summed E-state index contributed by atoms with van der Waals surface area (Å²) >= 11 is 2.28. The number of carbonyl (C=O) groups is 1. The van der Waals surface area contributed by atoms with Crippen molar-refractivity contribution >= 4 is 28.6 Å². The fraction of sp³-hybridized carbons (Fsp3) is 0.222. The van der Waals surface area contributed by atoms with Crippen molar-refractivity contribution in [3.63, 3.8) is 0 Å². The van der Waals surface area contributed by atoms with E-state index in [1.807, 2.05) is 18.2 Å². The van der Waals surface area contributed by atoms with E-state index >= 15 is 0 Å². The maximum atomic E-state index is 9.59. The van der Waals surface area contributed by atoms with Gasteiger partial charge in [0.05, 0.1) is 7.11 Å². The van der Waals surface area contributed by atoms with Crippen molar-refractivity contribution in [2.24, 2.45) is 0 Å². The minimum atomic E-state index is -0.245. The molecule has 3 heteroatoms. The van der Waals surface area contributed by atoms with E-state index in [2.05, 4.69) is 39.5 Å². The molecule has 1 rings (SSSR count). The molecular weight excluding hydrogens is 267 g/mol. The Labute approximate surface area is 86.1 Å². The van der Waals surface area contributed by atoms with Gasteiger partial charge in [0.25, 0.3) is 0 Å². The zero-order valence-corrected chi connectivity index (χ0v) is 9.24. The minimum absolute atomic E-state index is 0.245. The Morgan fingerprint density at radius 3 is 1.92 bits per heavy atom.